The molecule has 0 spiro atoms. The fraction of sp³-hybridized carbons (Fsp3) is 0.125. The van der Waals surface area contributed by atoms with Gasteiger partial charge < -0.3 is 4.74 Å². The molecular formula is C24H19N3O5S. The summed E-state index contributed by atoms with van der Waals surface area (Å²) in [5.74, 6) is -0.563. The second-order valence-corrected chi connectivity index (χ2v) is 8.25. The van der Waals surface area contributed by atoms with E-state index in [0.29, 0.717) is 20.6 Å². The third kappa shape index (κ3) is 4.44. The van der Waals surface area contributed by atoms with Gasteiger partial charge in [0.1, 0.15) is 0 Å². The van der Waals surface area contributed by atoms with Gasteiger partial charge in [0.05, 0.1) is 33.9 Å². The molecule has 8 nitrogen and oxygen atoms in total. The summed E-state index contributed by atoms with van der Waals surface area (Å²) in [6, 6.07) is 14.8. The van der Waals surface area contributed by atoms with E-state index in [-0.39, 0.29) is 16.8 Å². The lowest BCUT2D eigenvalue weighted by molar-refractivity contribution is -0.384. The second kappa shape index (κ2) is 9.17. The topological polar surface area (TPSA) is 104 Å². The maximum Gasteiger partial charge on any atom is 0.338 e. The van der Waals surface area contributed by atoms with Gasteiger partial charge in [0, 0.05) is 12.1 Å². The van der Waals surface area contributed by atoms with Gasteiger partial charge in [-0.1, -0.05) is 66.0 Å². The summed E-state index contributed by atoms with van der Waals surface area (Å²) < 4.78 is 6.76. The van der Waals surface area contributed by atoms with Crippen LogP contribution in [-0.2, 0) is 9.53 Å². The Bertz CT molecular complexity index is 1480. The zero-order valence-electron chi connectivity index (χ0n) is 17.8. The monoisotopic (exact) mass is 461 g/mol. The number of ether oxygens (including phenoxy) is 1. The Morgan fingerprint density at radius 1 is 1.18 bits per heavy atom. The smallest absolute Gasteiger partial charge is 0.338 e. The highest BCUT2D eigenvalue weighted by Crippen LogP contribution is 2.26. The predicted molar refractivity (Wildman–Crippen MR) is 125 cm³/mol. The summed E-state index contributed by atoms with van der Waals surface area (Å²) >= 11 is 1.16. The van der Waals surface area contributed by atoms with Crippen LogP contribution < -0.4 is 14.9 Å². The lowest BCUT2D eigenvalue weighted by atomic mass is 10.0. The van der Waals surface area contributed by atoms with Crippen molar-refractivity contribution in [2.24, 2.45) is 4.99 Å². The zero-order valence-corrected chi connectivity index (χ0v) is 18.6. The number of fused-ring (bicyclic) bond motifs is 1. The Kier molecular flexibility index (Phi) is 6.14. The average molecular weight is 461 g/mol. The fourth-order valence-corrected chi connectivity index (χ4v) is 4.62. The molecule has 4 rings (SSSR count). The van der Waals surface area contributed by atoms with Crippen molar-refractivity contribution in [1.29, 1.82) is 0 Å². The van der Waals surface area contributed by atoms with Gasteiger partial charge >= 0.3 is 5.97 Å². The summed E-state index contributed by atoms with van der Waals surface area (Å²) in [7, 11) is 1.29. The van der Waals surface area contributed by atoms with E-state index >= 15 is 0 Å². The maximum absolute atomic E-state index is 13.4. The number of thiazole rings is 1. The quantitative estimate of drug-likeness (QED) is 0.330. The minimum atomic E-state index is -0.707. The lowest BCUT2D eigenvalue weighted by Crippen LogP contribution is -2.38. The minimum absolute atomic E-state index is 0.0657. The first-order valence-electron chi connectivity index (χ1n) is 9.97. The molecule has 1 atom stereocenters. The summed E-state index contributed by atoms with van der Waals surface area (Å²) in [5, 5.41) is 11.1. The average Bonchev–Trinajstić information content (AvgIpc) is 3.12. The molecule has 1 aliphatic heterocycles. The third-order valence-corrected chi connectivity index (χ3v) is 6.10. The highest BCUT2D eigenvalue weighted by atomic mass is 32.1. The van der Waals surface area contributed by atoms with Crippen LogP contribution in [0.3, 0.4) is 0 Å². The number of non-ortho nitro benzene ring substituents is 1. The van der Waals surface area contributed by atoms with Crippen molar-refractivity contribution in [2.45, 2.75) is 13.0 Å². The largest absolute Gasteiger partial charge is 0.466 e. The van der Waals surface area contributed by atoms with E-state index in [1.54, 1.807) is 31.2 Å². The molecule has 0 N–H and O–H groups in total. The number of hydrogen-bond acceptors (Lipinski definition) is 7. The van der Waals surface area contributed by atoms with E-state index in [1.165, 1.54) is 23.8 Å². The van der Waals surface area contributed by atoms with Crippen LogP contribution >= 0.6 is 11.3 Å². The number of allylic oxidation sites excluding steroid dienone is 2. The summed E-state index contributed by atoms with van der Waals surface area (Å²) in [6.07, 6.45) is 5.20. The number of carbonyl (C=O) groups excluding carboxylic acids is 1. The molecule has 3 aromatic rings. The van der Waals surface area contributed by atoms with Crippen LogP contribution in [0.2, 0.25) is 0 Å². The molecule has 0 fully saturated rings. The van der Waals surface area contributed by atoms with Crippen molar-refractivity contribution >= 4 is 35.1 Å². The Morgan fingerprint density at radius 2 is 1.91 bits per heavy atom. The van der Waals surface area contributed by atoms with Crippen molar-refractivity contribution in [1.82, 2.24) is 4.57 Å². The molecule has 0 aliphatic carbocycles. The highest BCUT2D eigenvalue weighted by Gasteiger charge is 2.30. The van der Waals surface area contributed by atoms with E-state index in [9.17, 15) is 19.7 Å². The minimum Gasteiger partial charge on any atom is -0.466 e. The molecule has 0 saturated carbocycles. The van der Waals surface area contributed by atoms with Gasteiger partial charge in [-0.3, -0.25) is 19.5 Å². The van der Waals surface area contributed by atoms with E-state index in [4.69, 9.17) is 4.74 Å². The number of rotatable bonds is 5. The zero-order chi connectivity index (χ0) is 23.5. The summed E-state index contributed by atoms with van der Waals surface area (Å²) in [5.41, 5.74) is 1.77. The molecule has 166 valence electrons. The van der Waals surface area contributed by atoms with Crippen LogP contribution in [-0.4, -0.2) is 22.6 Å². The van der Waals surface area contributed by atoms with E-state index in [1.807, 2.05) is 36.4 Å². The number of carbonyl (C=O) groups is 1. The Hall–Kier alpha value is -4.11. The number of benzene rings is 2. The summed E-state index contributed by atoms with van der Waals surface area (Å²) in [4.78, 5) is 41.4. The van der Waals surface area contributed by atoms with Gasteiger partial charge in [0.25, 0.3) is 11.2 Å². The second-order valence-electron chi connectivity index (χ2n) is 7.24. The highest BCUT2D eigenvalue weighted by molar-refractivity contribution is 7.07. The number of nitro groups is 1. The molecule has 2 aromatic carbocycles. The Morgan fingerprint density at radius 3 is 2.61 bits per heavy atom. The molecule has 1 aliphatic rings. The van der Waals surface area contributed by atoms with Crippen LogP contribution in [0.1, 0.15) is 24.1 Å². The molecular weight excluding hydrogens is 442 g/mol. The Labute approximate surface area is 192 Å². The SMILES string of the molecule is COC(=O)C1=C(C)N=c2s/c(=C\c3cccc([N+](=O)[O-])c3)c(=O)n2[C@@H]1/C=C/c1ccccc1. The molecule has 0 unspecified atom stereocenters. The van der Waals surface area contributed by atoms with E-state index in [2.05, 4.69) is 4.99 Å². The van der Waals surface area contributed by atoms with E-state index < -0.39 is 16.9 Å². The maximum atomic E-state index is 13.4. The molecule has 0 amide bonds. The van der Waals surface area contributed by atoms with Crippen LogP contribution in [0.4, 0.5) is 5.69 Å². The van der Waals surface area contributed by atoms with Crippen LogP contribution in [0.15, 0.2) is 81.7 Å². The van der Waals surface area contributed by atoms with Gasteiger partial charge in [0.15, 0.2) is 4.80 Å². The van der Waals surface area contributed by atoms with Crippen molar-refractivity contribution < 1.29 is 14.5 Å². The first-order valence-corrected chi connectivity index (χ1v) is 10.8. The fourth-order valence-electron chi connectivity index (χ4n) is 3.56. The van der Waals surface area contributed by atoms with Crippen LogP contribution in [0.25, 0.3) is 12.2 Å². The van der Waals surface area contributed by atoms with Crippen molar-refractivity contribution in [3.05, 3.63) is 113 Å². The molecule has 2 heterocycles. The van der Waals surface area contributed by atoms with Crippen LogP contribution in [0, 0.1) is 10.1 Å². The summed E-state index contributed by atoms with van der Waals surface area (Å²) in [6.45, 7) is 1.70. The van der Waals surface area contributed by atoms with E-state index in [0.717, 1.165) is 16.9 Å². The van der Waals surface area contributed by atoms with Gasteiger partial charge in [-0.25, -0.2) is 9.79 Å². The first kappa shape index (κ1) is 22.1. The molecule has 0 radical (unpaired) electrons. The number of aromatic nitrogens is 1. The number of nitrogens with zero attached hydrogens (tertiary/aromatic N) is 3. The molecule has 9 heteroatoms. The molecule has 1 aromatic heterocycles. The van der Waals surface area contributed by atoms with Crippen LogP contribution in [0.5, 0.6) is 0 Å². The van der Waals surface area contributed by atoms with Crippen molar-refractivity contribution in [3.63, 3.8) is 0 Å². The molecule has 33 heavy (non-hydrogen) atoms. The normalized spacial score (nSPS) is 15.9. The predicted octanol–water partition coefficient (Wildman–Crippen LogP) is 2.98. The molecule has 0 saturated heterocycles. The standard InChI is InChI=1S/C24H19N3O5S/c1-15-21(23(29)32-2)19(12-11-16-7-4-3-5-8-16)26-22(28)20(33-24(26)25-15)14-17-9-6-10-18(13-17)27(30)31/h3-14,19H,1-2H3/b12-11+,20-14-/t19-/m1/s1. The number of esters is 1. The number of hydrogen-bond donors (Lipinski definition) is 0. The lowest BCUT2D eigenvalue weighted by Gasteiger charge is -2.21. The Balaban J connectivity index is 1.88. The third-order valence-electron chi connectivity index (χ3n) is 5.12. The van der Waals surface area contributed by atoms with Gasteiger partial charge in [-0.05, 0) is 24.1 Å². The number of nitro benzene ring substituents is 1. The van der Waals surface area contributed by atoms with Crippen molar-refractivity contribution in [2.75, 3.05) is 7.11 Å². The number of methoxy groups -OCH3 is 1. The first-order chi connectivity index (χ1) is 15.9. The van der Waals surface area contributed by atoms with Crippen molar-refractivity contribution in [3.8, 4) is 0 Å². The van der Waals surface area contributed by atoms with Gasteiger partial charge in [-0.15, -0.1) is 0 Å². The van der Waals surface area contributed by atoms with Gasteiger partial charge in [0.2, 0.25) is 0 Å². The molecule has 0 bridgehead atoms. The van der Waals surface area contributed by atoms with Gasteiger partial charge in [-0.2, -0.15) is 0 Å².